The maximum Gasteiger partial charge on any atom is 0.0916 e. The molecule has 0 unspecified atom stereocenters. The Labute approximate surface area is 91.7 Å². The summed E-state index contributed by atoms with van der Waals surface area (Å²) < 4.78 is 5.79. The normalized spacial score (nSPS) is 10.4. The Kier molecular flexibility index (Phi) is 5.70. The Balaban J connectivity index is 2.18. The molecule has 0 aliphatic rings. The number of nitrogens with one attached hydrogen (secondary N) is 1. The highest BCUT2D eigenvalue weighted by atomic mass is 79.9. The van der Waals surface area contributed by atoms with Crippen LogP contribution in [0.25, 0.3) is 0 Å². The molecule has 0 bridgehead atoms. The summed E-state index contributed by atoms with van der Waals surface area (Å²) in [4.78, 5) is 9.13. The summed E-state index contributed by atoms with van der Waals surface area (Å²) in [6, 6.07) is 1.99. The molecule has 0 spiro atoms. The van der Waals surface area contributed by atoms with Crippen molar-refractivity contribution in [3.63, 3.8) is 0 Å². The van der Waals surface area contributed by atoms with Crippen LogP contribution in [0.3, 0.4) is 0 Å². The standard InChI is InChI=1S/C9H13BrN2O2/c1-13-2-3-14-12-6-8-4-9(10)7-11-5-8/h4-5,7,12H,2-3,6H2,1H3. The zero-order valence-electron chi connectivity index (χ0n) is 8.00. The van der Waals surface area contributed by atoms with Crippen LogP contribution in [0.2, 0.25) is 0 Å². The fraction of sp³-hybridized carbons (Fsp3) is 0.444. The maximum atomic E-state index is 5.10. The van der Waals surface area contributed by atoms with Crippen LogP contribution in [-0.2, 0) is 16.1 Å². The SMILES string of the molecule is COCCONCc1cncc(Br)c1. The first-order valence-corrected chi connectivity index (χ1v) is 5.05. The number of rotatable bonds is 6. The Bertz CT molecular complexity index is 271. The van der Waals surface area contributed by atoms with E-state index < -0.39 is 0 Å². The largest absolute Gasteiger partial charge is 0.382 e. The summed E-state index contributed by atoms with van der Waals surface area (Å²) in [5, 5.41) is 0. The van der Waals surface area contributed by atoms with Crippen molar-refractivity contribution in [3.05, 3.63) is 28.5 Å². The molecular formula is C9H13BrN2O2. The second-order valence-corrected chi connectivity index (χ2v) is 3.59. The van der Waals surface area contributed by atoms with Crippen molar-refractivity contribution in [1.82, 2.24) is 10.5 Å². The summed E-state index contributed by atoms with van der Waals surface area (Å²) in [6.07, 6.45) is 3.53. The van der Waals surface area contributed by atoms with Crippen LogP contribution in [0.4, 0.5) is 0 Å². The summed E-state index contributed by atoms with van der Waals surface area (Å²) in [5.41, 5.74) is 3.89. The van der Waals surface area contributed by atoms with Gasteiger partial charge >= 0.3 is 0 Å². The lowest BCUT2D eigenvalue weighted by molar-refractivity contribution is 0.00342. The molecule has 0 amide bonds. The summed E-state index contributed by atoms with van der Waals surface area (Å²) in [7, 11) is 1.64. The van der Waals surface area contributed by atoms with Crippen LogP contribution in [0, 0.1) is 0 Å². The van der Waals surface area contributed by atoms with Gasteiger partial charge in [0.25, 0.3) is 0 Å². The molecular weight excluding hydrogens is 248 g/mol. The molecule has 0 fully saturated rings. The van der Waals surface area contributed by atoms with E-state index in [0.29, 0.717) is 19.8 Å². The molecule has 0 saturated carbocycles. The molecule has 1 heterocycles. The lowest BCUT2D eigenvalue weighted by Gasteiger charge is -2.05. The minimum atomic E-state index is 0.540. The van der Waals surface area contributed by atoms with Crippen LogP contribution < -0.4 is 5.48 Å². The van der Waals surface area contributed by atoms with Gasteiger partial charge in [0.2, 0.25) is 0 Å². The second-order valence-electron chi connectivity index (χ2n) is 2.67. The highest BCUT2D eigenvalue weighted by molar-refractivity contribution is 9.10. The predicted molar refractivity (Wildman–Crippen MR) is 56.6 cm³/mol. The predicted octanol–water partition coefficient (Wildman–Crippen LogP) is 1.51. The van der Waals surface area contributed by atoms with Crippen LogP contribution in [0.1, 0.15) is 5.56 Å². The van der Waals surface area contributed by atoms with Crippen molar-refractivity contribution < 1.29 is 9.57 Å². The minimum absolute atomic E-state index is 0.540. The quantitative estimate of drug-likeness (QED) is 0.622. The number of hydrogen-bond donors (Lipinski definition) is 1. The lowest BCUT2D eigenvalue weighted by Crippen LogP contribution is -2.17. The van der Waals surface area contributed by atoms with E-state index in [0.717, 1.165) is 10.0 Å². The molecule has 0 aliphatic heterocycles. The number of ether oxygens (including phenoxy) is 1. The second kappa shape index (κ2) is 6.89. The zero-order valence-corrected chi connectivity index (χ0v) is 9.58. The van der Waals surface area contributed by atoms with Gasteiger partial charge in [-0.1, -0.05) is 0 Å². The molecule has 1 rings (SSSR count). The van der Waals surface area contributed by atoms with Crippen LogP contribution in [0.5, 0.6) is 0 Å². The van der Waals surface area contributed by atoms with E-state index in [9.17, 15) is 0 Å². The van der Waals surface area contributed by atoms with Gasteiger partial charge in [0.05, 0.1) is 13.2 Å². The molecule has 0 saturated heterocycles. The van der Waals surface area contributed by atoms with E-state index >= 15 is 0 Å². The molecule has 0 aromatic carbocycles. The van der Waals surface area contributed by atoms with Crippen LogP contribution in [0.15, 0.2) is 22.9 Å². The minimum Gasteiger partial charge on any atom is -0.382 e. The van der Waals surface area contributed by atoms with E-state index in [1.807, 2.05) is 6.07 Å². The lowest BCUT2D eigenvalue weighted by atomic mass is 10.3. The molecule has 5 heteroatoms. The smallest absolute Gasteiger partial charge is 0.0916 e. The number of hydrogen-bond acceptors (Lipinski definition) is 4. The van der Waals surface area contributed by atoms with E-state index in [-0.39, 0.29) is 0 Å². The molecule has 78 valence electrons. The highest BCUT2D eigenvalue weighted by Crippen LogP contribution is 2.08. The molecule has 0 radical (unpaired) electrons. The Morgan fingerprint density at radius 3 is 3.00 bits per heavy atom. The average Bonchev–Trinajstić information content (AvgIpc) is 2.18. The van der Waals surface area contributed by atoms with Gasteiger partial charge in [-0.05, 0) is 27.6 Å². The van der Waals surface area contributed by atoms with Crippen LogP contribution in [-0.4, -0.2) is 25.3 Å². The number of halogens is 1. The van der Waals surface area contributed by atoms with Crippen molar-refractivity contribution in [2.45, 2.75) is 6.54 Å². The Morgan fingerprint density at radius 2 is 2.29 bits per heavy atom. The van der Waals surface area contributed by atoms with Crippen molar-refractivity contribution in [3.8, 4) is 0 Å². The van der Waals surface area contributed by atoms with E-state index in [1.54, 1.807) is 19.5 Å². The highest BCUT2D eigenvalue weighted by Gasteiger charge is 1.94. The van der Waals surface area contributed by atoms with Crippen LogP contribution >= 0.6 is 15.9 Å². The fourth-order valence-electron chi connectivity index (χ4n) is 0.884. The topological polar surface area (TPSA) is 43.4 Å². The molecule has 0 atom stereocenters. The molecule has 1 aromatic heterocycles. The Hall–Kier alpha value is -0.490. The van der Waals surface area contributed by atoms with E-state index in [1.165, 1.54) is 0 Å². The van der Waals surface area contributed by atoms with Gasteiger partial charge in [0, 0.05) is 30.5 Å². The number of hydroxylamine groups is 1. The average molecular weight is 261 g/mol. The number of aromatic nitrogens is 1. The number of methoxy groups -OCH3 is 1. The monoisotopic (exact) mass is 260 g/mol. The molecule has 1 aromatic rings. The van der Waals surface area contributed by atoms with Gasteiger partial charge in [0.15, 0.2) is 0 Å². The number of pyridine rings is 1. The van der Waals surface area contributed by atoms with Gasteiger partial charge in [0.1, 0.15) is 0 Å². The first-order valence-electron chi connectivity index (χ1n) is 4.26. The molecule has 1 N–H and O–H groups in total. The molecule has 0 aliphatic carbocycles. The van der Waals surface area contributed by atoms with Crippen molar-refractivity contribution >= 4 is 15.9 Å². The third-order valence-electron chi connectivity index (χ3n) is 1.53. The zero-order chi connectivity index (χ0) is 10.2. The maximum absolute atomic E-state index is 5.10. The van der Waals surface area contributed by atoms with Gasteiger partial charge in [-0.2, -0.15) is 5.48 Å². The fourth-order valence-corrected chi connectivity index (χ4v) is 1.30. The van der Waals surface area contributed by atoms with Crippen molar-refractivity contribution in [2.75, 3.05) is 20.3 Å². The van der Waals surface area contributed by atoms with Crippen molar-refractivity contribution in [2.24, 2.45) is 0 Å². The molecule has 4 nitrogen and oxygen atoms in total. The third kappa shape index (κ3) is 4.66. The third-order valence-corrected chi connectivity index (χ3v) is 1.96. The summed E-state index contributed by atoms with van der Waals surface area (Å²) in [5.74, 6) is 0. The van der Waals surface area contributed by atoms with Gasteiger partial charge in [-0.15, -0.1) is 0 Å². The first-order chi connectivity index (χ1) is 6.83. The summed E-state index contributed by atoms with van der Waals surface area (Å²) >= 11 is 3.34. The first kappa shape index (κ1) is 11.6. The van der Waals surface area contributed by atoms with E-state index in [4.69, 9.17) is 9.57 Å². The van der Waals surface area contributed by atoms with Gasteiger partial charge in [-0.25, -0.2) is 0 Å². The van der Waals surface area contributed by atoms with Gasteiger partial charge < -0.3 is 4.74 Å². The Morgan fingerprint density at radius 1 is 1.43 bits per heavy atom. The van der Waals surface area contributed by atoms with E-state index in [2.05, 4.69) is 26.4 Å². The summed E-state index contributed by atoms with van der Waals surface area (Å²) in [6.45, 7) is 1.76. The number of nitrogens with zero attached hydrogens (tertiary/aromatic N) is 1. The van der Waals surface area contributed by atoms with Crippen molar-refractivity contribution in [1.29, 1.82) is 0 Å². The molecule has 14 heavy (non-hydrogen) atoms. The van der Waals surface area contributed by atoms with Gasteiger partial charge in [-0.3, -0.25) is 9.82 Å².